The lowest BCUT2D eigenvalue weighted by Crippen LogP contribution is -2.46. The van der Waals surface area contributed by atoms with Gasteiger partial charge in [-0.25, -0.2) is 4.79 Å². The molecule has 1 heterocycles. The minimum absolute atomic E-state index is 0.209. The third-order valence-corrected chi connectivity index (χ3v) is 4.51. The van der Waals surface area contributed by atoms with Crippen molar-refractivity contribution in [1.82, 2.24) is 15.5 Å². The lowest BCUT2D eigenvalue weighted by atomic mass is 10.1. The molecule has 106 valence electrons. The maximum atomic E-state index is 11.8. The standard InChI is InChI=1S/C13H21N3O3/c17-11(18)13(4-5-13)8-14-12(19)15-9-3-6-16(7-9)10-1-2-10/h9-10H,1-8H2,(H,17,18)(H2,14,15,19). The van der Waals surface area contributed by atoms with Crippen LogP contribution < -0.4 is 10.6 Å². The van der Waals surface area contributed by atoms with E-state index >= 15 is 0 Å². The van der Waals surface area contributed by atoms with Gasteiger partial charge >= 0.3 is 12.0 Å². The Labute approximate surface area is 112 Å². The Balaban J connectivity index is 1.38. The summed E-state index contributed by atoms with van der Waals surface area (Å²) in [7, 11) is 0. The van der Waals surface area contributed by atoms with Crippen molar-refractivity contribution < 1.29 is 14.7 Å². The van der Waals surface area contributed by atoms with Crippen LogP contribution in [0.3, 0.4) is 0 Å². The fourth-order valence-electron chi connectivity index (χ4n) is 2.78. The van der Waals surface area contributed by atoms with Gasteiger partial charge in [0, 0.05) is 31.7 Å². The largest absolute Gasteiger partial charge is 0.481 e. The van der Waals surface area contributed by atoms with E-state index in [1.165, 1.54) is 12.8 Å². The number of carbonyl (C=O) groups excluding carboxylic acids is 1. The van der Waals surface area contributed by atoms with Gasteiger partial charge in [-0.3, -0.25) is 9.69 Å². The number of carboxylic acids is 1. The number of nitrogens with one attached hydrogen (secondary N) is 2. The second kappa shape index (κ2) is 4.67. The van der Waals surface area contributed by atoms with Gasteiger partial charge in [-0.15, -0.1) is 0 Å². The average Bonchev–Trinajstić information content (AvgIpc) is 3.28. The van der Waals surface area contributed by atoms with Gasteiger partial charge in [-0.2, -0.15) is 0 Å². The van der Waals surface area contributed by atoms with Crippen LogP contribution >= 0.6 is 0 Å². The molecule has 3 rings (SSSR count). The molecule has 6 nitrogen and oxygen atoms in total. The van der Waals surface area contributed by atoms with Crippen LogP contribution in [-0.4, -0.2) is 53.7 Å². The Bertz CT molecular complexity index is 391. The highest BCUT2D eigenvalue weighted by Gasteiger charge is 2.50. The summed E-state index contributed by atoms with van der Waals surface area (Å²) in [5.41, 5.74) is -0.687. The zero-order valence-corrected chi connectivity index (χ0v) is 11.0. The van der Waals surface area contributed by atoms with Crippen molar-refractivity contribution in [1.29, 1.82) is 0 Å². The van der Waals surface area contributed by atoms with Crippen LogP contribution in [0.25, 0.3) is 0 Å². The second-order valence-electron chi connectivity index (χ2n) is 6.12. The van der Waals surface area contributed by atoms with Gasteiger partial charge in [0.05, 0.1) is 5.41 Å². The molecule has 1 unspecified atom stereocenters. The van der Waals surface area contributed by atoms with Gasteiger partial charge in [0.2, 0.25) is 0 Å². The molecule has 0 spiro atoms. The predicted octanol–water partition coefficient (Wildman–Crippen LogP) is 0.387. The number of carbonyl (C=O) groups is 2. The van der Waals surface area contributed by atoms with E-state index in [9.17, 15) is 9.59 Å². The second-order valence-corrected chi connectivity index (χ2v) is 6.12. The molecule has 0 radical (unpaired) electrons. The van der Waals surface area contributed by atoms with Crippen LogP contribution in [0.15, 0.2) is 0 Å². The van der Waals surface area contributed by atoms with E-state index in [0.717, 1.165) is 25.6 Å². The van der Waals surface area contributed by atoms with Crippen LogP contribution in [0.4, 0.5) is 4.79 Å². The maximum Gasteiger partial charge on any atom is 0.315 e. The Kier molecular flexibility index (Phi) is 3.12. The summed E-state index contributed by atoms with van der Waals surface area (Å²) in [5.74, 6) is -0.798. The molecule has 3 fully saturated rings. The molecule has 1 aliphatic heterocycles. The summed E-state index contributed by atoms with van der Waals surface area (Å²) in [6.07, 6.45) is 4.91. The van der Waals surface area contributed by atoms with Gasteiger partial charge in [-0.05, 0) is 32.1 Å². The van der Waals surface area contributed by atoms with E-state index in [1.54, 1.807) is 0 Å². The molecule has 3 N–H and O–H groups in total. The van der Waals surface area contributed by atoms with Gasteiger partial charge in [-0.1, -0.05) is 0 Å². The number of carboxylic acid groups (broad SMARTS) is 1. The molecular formula is C13H21N3O3. The summed E-state index contributed by atoms with van der Waals surface area (Å²) in [6.45, 7) is 2.24. The third-order valence-electron chi connectivity index (χ3n) is 4.51. The van der Waals surface area contributed by atoms with Crippen molar-refractivity contribution in [3.63, 3.8) is 0 Å². The first-order chi connectivity index (χ1) is 9.09. The van der Waals surface area contributed by atoms with Crippen molar-refractivity contribution in [2.45, 2.75) is 44.2 Å². The molecule has 0 aromatic carbocycles. The van der Waals surface area contributed by atoms with E-state index in [4.69, 9.17) is 5.11 Å². The zero-order chi connectivity index (χ0) is 13.5. The Morgan fingerprint density at radius 3 is 2.58 bits per heavy atom. The van der Waals surface area contributed by atoms with Crippen molar-refractivity contribution >= 4 is 12.0 Å². The first kappa shape index (κ1) is 12.7. The van der Waals surface area contributed by atoms with Gasteiger partial charge in [0.15, 0.2) is 0 Å². The summed E-state index contributed by atoms with van der Waals surface area (Å²) in [5, 5.41) is 14.7. The number of urea groups is 1. The smallest absolute Gasteiger partial charge is 0.315 e. The molecule has 19 heavy (non-hydrogen) atoms. The van der Waals surface area contributed by atoms with Crippen LogP contribution in [0.2, 0.25) is 0 Å². The van der Waals surface area contributed by atoms with Gasteiger partial charge in [0.25, 0.3) is 0 Å². The van der Waals surface area contributed by atoms with E-state index in [0.29, 0.717) is 12.8 Å². The number of hydrogen-bond donors (Lipinski definition) is 3. The molecule has 0 aromatic rings. The molecule has 0 aromatic heterocycles. The highest BCUT2D eigenvalue weighted by atomic mass is 16.4. The van der Waals surface area contributed by atoms with Crippen LogP contribution in [0.5, 0.6) is 0 Å². The molecule has 2 aliphatic carbocycles. The molecule has 2 amide bonds. The lowest BCUT2D eigenvalue weighted by Gasteiger charge is -2.17. The summed E-state index contributed by atoms with van der Waals surface area (Å²) in [6, 6.07) is 0.729. The number of nitrogens with zero attached hydrogens (tertiary/aromatic N) is 1. The third kappa shape index (κ3) is 2.83. The maximum absolute atomic E-state index is 11.8. The molecule has 3 aliphatic rings. The Morgan fingerprint density at radius 2 is 2.00 bits per heavy atom. The molecule has 2 saturated carbocycles. The first-order valence-electron chi connectivity index (χ1n) is 7.11. The molecule has 1 saturated heterocycles. The number of amides is 2. The van der Waals surface area contributed by atoms with Crippen LogP contribution in [0, 0.1) is 5.41 Å². The van der Waals surface area contributed by atoms with Crippen LogP contribution in [0.1, 0.15) is 32.1 Å². The molecule has 0 bridgehead atoms. The van der Waals surface area contributed by atoms with Gasteiger partial charge < -0.3 is 15.7 Å². The molecule has 1 atom stereocenters. The van der Waals surface area contributed by atoms with Crippen molar-refractivity contribution in [3.05, 3.63) is 0 Å². The van der Waals surface area contributed by atoms with E-state index in [1.807, 2.05) is 0 Å². The van der Waals surface area contributed by atoms with E-state index in [-0.39, 0.29) is 18.6 Å². The highest BCUT2D eigenvalue weighted by molar-refractivity contribution is 5.80. The SMILES string of the molecule is O=C(NCC1(C(=O)O)CC1)NC1CCN(C2CC2)C1. The Morgan fingerprint density at radius 1 is 1.26 bits per heavy atom. The number of hydrogen-bond acceptors (Lipinski definition) is 3. The number of rotatable bonds is 5. The Hall–Kier alpha value is -1.30. The van der Waals surface area contributed by atoms with Crippen molar-refractivity contribution in [3.8, 4) is 0 Å². The average molecular weight is 267 g/mol. The molecule has 6 heteroatoms. The minimum Gasteiger partial charge on any atom is -0.481 e. The highest BCUT2D eigenvalue weighted by Crippen LogP contribution is 2.45. The quantitative estimate of drug-likeness (QED) is 0.673. The summed E-state index contributed by atoms with van der Waals surface area (Å²) in [4.78, 5) is 25.2. The normalized spacial score (nSPS) is 28.9. The minimum atomic E-state index is -0.798. The fourth-order valence-corrected chi connectivity index (χ4v) is 2.78. The topological polar surface area (TPSA) is 81.7 Å². The summed E-state index contributed by atoms with van der Waals surface area (Å²) < 4.78 is 0. The zero-order valence-electron chi connectivity index (χ0n) is 11.0. The van der Waals surface area contributed by atoms with Gasteiger partial charge in [0.1, 0.15) is 0 Å². The fraction of sp³-hybridized carbons (Fsp3) is 0.846. The lowest BCUT2D eigenvalue weighted by molar-refractivity contribution is -0.143. The number of aliphatic carboxylic acids is 1. The molecular weight excluding hydrogens is 246 g/mol. The van der Waals surface area contributed by atoms with Crippen LogP contribution in [-0.2, 0) is 4.79 Å². The van der Waals surface area contributed by atoms with Crippen molar-refractivity contribution in [2.24, 2.45) is 5.41 Å². The van der Waals surface area contributed by atoms with E-state index in [2.05, 4.69) is 15.5 Å². The monoisotopic (exact) mass is 267 g/mol. The van der Waals surface area contributed by atoms with E-state index < -0.39 is 11.4 Å². The number of likely N-dealkylation sites (tertiary alicyclic amines) is 1. The predicted molar refractivity (Wildman–Crippen MR) is 68.8 cm³/mol. The first-order valence-corrected chi connectivity index (χ1v) is 7.11. The summed E-state index contributed by atoms with van der Waals surface area (Å²) >= 11 is 0. The van der Waals surface area contributed by atoms with Crippen molar-refractivity contribution in [2.75, 3.05) is 19.6 Å².